The minimum atomic E-state index is 0.0596. The van der Waals surface area contributed by atoms with Crippen LogP contribution in [0.15, 0.2) is 0 Å². The second-order valence-electron chi connectivity index (χ2n) is 1.82. The fourth-order valence-electron chi connectivity index (χ4n) is 0.133. The van der Waals surface area contributed by atoms with Crippen LogP contribution in [0.2, 0.25) is 0 Å². The minimum absolute atomic E-state index is 0.0596. The molecule has 7 heavy (non-hydrogen) atoms. The lowest BCUT2D eigenvalue weighted by Crippen LogP contribution is -2.09. The summed E-state index contributed by atoms with van der Waals surface area (Å²) in [7, 11) is 0. The highest BCUT2D eigenvalue weighted by Crippen LogP contribution is 2.10. The Morgan fingerprint density at radius 1 is 1.57 bits per heavy atom. The summed E-state index contributed by atoms with van der Waals surface area (Å²) in [5.74, 6) is 0.334. The molecule has 0 aliphatic heterocycles. The van der Waals surface area contributed by atoms with E-state index in [1.807, 2.05) is 6.92 Å². The molecule has 0 N–H and O–H groups in total. The predicted octanol–water partition coefficient (Wildman–Crippen LogP) is 1.88. The zero-order chi connectivity index (χ0) is 5.86. The van der Waals surface area contributed by atoms with Gasteiger partial charge in [-0.05, 0) is 5.92 Å². The summed E-state index contributed by atoms with van der Waals surface area (Å²) in [6.07, 6.45) is 0. The van der Waals surface area contributed by atoms with Crippen molar-refractivity contribution in [1.82, 2.24) is 0 Å². The number of hydrogen-bond acceptors (Lipinski definition) is 0. The highest BCUT2D eigenvalue weighted by atomic mass is 127. The van der Waals surface area contributed by atoms with Crippen molar-refractivity contribution in [2.45, 2.75) is 17.8 Å². The van der Waals surface area contributed by atoms with Gasteiger partial charge in [0.15, 0.2) is 0 Å². The molecule has 43 valence electrons. The Kier molecular flexibility index (Phi) is 4.02. The van der Waals surface area contributed by atoms with Crippen LogP contribution in [0.4, 0.5) is 0 Å². The molecular formula is C5H10IO. The van der Waals surface area contributed by atoms with Crippen molar-refractivity contribution in [3.63, 3.8) is 0 Å². The van der Waals surface area contributed by atoms with Crippen LogP contribution >= 0.6 is 22.6 Å². The lowest BCUT2D eigenvalue weighted by Gasteiger charge is -2.06. The van der Waals surface area contributed by atoms with E-state index in [0.717, 1.165) is 0 Å². The topological polar surface area (TPSA) is 19.9 Å². The van der Waals surface area contributed by atoms with E-state index in [-0.39, 0.29) is 6.61 Å². The van der Waals surface area contributed by atoms with E-state index in [4.69, 9.17) is 0 Å². The lowest BCUT2D eigenvalue weighted by atomic mass is 10.1. The maximum atomic E-state index is 10.1. The zero-order valence-corrected chi connectivity index (χ0v) is 6.81. The molecule has 0 aromatic rings. The van der Waals surface area contributed by atoms with E-state index < -0.39 is 0 Å². The average Bonchev–Trinajstić information content (AvgIpc) is 1.65. The Hall–Kier alpha value is 0.690. The van der Waals surface area contributed by atoms with Gasteiger partial charge in [-0.2, -0.15) is 0 Å². The summed E-state index contributed by atoms with van der Waals surface area (Å²) in [6.45, 7) is 4.09. The van der Waals surface area contributed by atoms with Crippen molar-refractivity contribution in [2.75, 3.05) is 6.61 Å². The largest absolute Gasteiger partial charge is 0.236 e. The van der Waals surface area contributed by atoms with Crippen molar-refractivity contribution in [2.24, 2.45) is 5.92 Å². The van der Waals surface area contributed by atoms with Gasteiger partial charge in [0, 0.05) is 3.92 Å². The first kappa shape index (κ1) is 7.69. The molecule has 0 heterocycles. The molecule has 2 atom stereocenters. The van der Waals surface area contributed by atoms with Gasteiger partial charge >= 0.3 is 0 Å². The van der Waals surface area contributed by atoms with E-state index in [9.17, 15) is 5.11 Å². The number of alkyl halides is 1. The Morgan fingerprint density at radius 3 is 2.00 bits per heavy atom. The van der Waals surface area contributed by atoms with Crippen LogP contribution in [-0.4, -0.2) is 10.5 Å². The quantitative estimate of drug-likeness (QED) is 0.493. The van der Waals surface area contributed by atoms with Crippen LogP contribution in [-0.2, 0) is 5.11 Å². The summed E-state index contributed by atoms with van der Waals surface area (Å²) < 4.78 is 0.523. The third-order valence-corrected chi connectivity index (χ3v) is 2.27. The van der Waals surface area contributed by atoms with E-state index in [0.29, 0.717) is 9.84 Å². The van der Waals surface area contributed by atoms with Crippen molar-refractivity contribution in [1.29, 1.82) is 0 Å². The van der Waals surface area contributed by atoms with Crippen molar-refractivity contribution in [3.8, 4) is 0 Å². The van der Waals surface area contributed by atoms with Gasteiger partial charge in [-0.1, -0.05) is 36.4 Å². The van der Waals surface area contributed by atoms with E-state index in [1.54, 1.807) is 0 Å². The second-order valence-corrected chi connectivity index (χ2v) is 3.79. The molecule has 0 aliphatic carbocycles. The molecule has 0 saturated heterocycles. The molecule has 0 aromatic carbocycles. The smallest absolute Gasteiger partial charge is 0.0857 e. The number of rotatable bonds is 2. The van der Waals surface area contributed by atoms with Crippen LogP contribution < -0.4 is 0 Å². The third-order valence-electron chi connectivity index (χ3n) is 1.05. The Morgan fingerprint density at radius 2 is 2.00 bits per heavy atom. The molecule has 0 saturated carbocycles. The van der Waals surface area contributed by atoms with Gasteiger partial charge in [-0.25, -0.2) is 5.11 Å². The monoisotopic (exact) mass is 213 g/mol. The van der Waals surface area contributed by atoms with Crippen molar-refractivity contribution in [3.05, 3.63) is 0 Å². The normalized spacial score (nSPS) is 18.9. The van der Waals surface area contributed by atoms with Gasteiger partial charge in [0.25, 0.3) is 0 Å². The van der Waals surface area contributed by atoms with Crippen molar-refractivity contribution < 1.29 is 5.11 Å². The summed E-state index contributed by atoms with van der Waals surface area (Å²) in [5.41, 5.74) is 0. The predicted molar refractivity (Wildman–Crippen MR) is 38.2 cm³/mol. The minimum Gasteiger partial charge on any atom is -0.236 e. The first-order valence-electron chi connectivity index (χ1n) is 2.40. The molecule has 0 rings (SSSR count). The molecule has 2 unspecified atom stereocenters. The summed E-state index contributed by atoms with van der Waals surface area (Å²) >= 11 is 2.27. The van der Waals surface area contributed by atoms with Crippen molar-refractivity contribution >= 4 is 22.6 Å². The summed E-state index contributed by atoms with van der Waals surface area (Å²) in [5, 5.41) is 10.1. The fourth-order valence-corrected chi connectivity index (χ4v) is 0.340. The Balaban J connectivity index is 3.14. The third kappa shape index (κ3) is 3.29. The molecular weight excluding hydrogens is 203 g/mol. The van der Waals surface area contributed by atoms with Gasteiger partial charge in [-0.3, -0.25) is 0 Å². The number of halogens is 1. The average molecular weight is 213 g/mol. The van der Waals surface area contributed by atoms with Crippen LogP contribution in [0.25, 0.3) is 0 Å². The number of hydrogen-bond donors (Lipinski definition) is 0. The fraction of sp³-hybridized carbons (Fsp3) is 1.00. The molecule has 0 bridgehead atoms. The van der Waals surface area contributed by atoms with Crippen LogP contribution in [0.5, 0.6) is 0 Å². The van der Waals surface area contributed by atoms with Gasteiger partial charge in [0.2, 0.25) is 0 Å². The Bertz CT molecular complexity index is 45.3. The van der Waals surface area contributed by atoms with Crippen LogP contribution in [0, 0.1) is 5.92 Å². The van der Waals surface area contributed by atoms with E-state index >= 15 is 0 Å². The molecule has 1 radical (unpaired) electrons. The highest BCUT2D eigenvalue weighted by molar-refractivity contribution is 14.1. The summed E-state index contributed by atoms with van der Waals surface area (Å²) in [6, 6.07) is 0. The van der Waals surface area contributed by atoms with E-state index in [2.05, 4.69) is 29.5 Å². The first-order valence-corrected chi connectivity index (χ1v) is 3.65. The maximum absolute atomic E-state index is 10.1. The zero-order valence-electron chi connectivity index (χ0n) is 4.65. The van der Waals surface area contributed by atoms with Gasteiger partial charge < -0.3 is 0 Å². The van der Waals surface area contributed by atoms with Gasteiger partial charge in [0.1, 0.15) is 0 Å². The first-order chi connectivity index (χ1) is 3.18. The second kappa shape index (κ2) is 3.66. The molecule has 0 spiro atoms. The van der Waals surface area contributed by atoms with Gasteiger partial charge in [-0.15, -0.1) is 0 Å². The molecule has 0 aromatic heterocycles. The SMILES string of the molecule is CC(I)C(C)C[O]. The standard InChI is InChI=1S/C5H10IO/c1-4(3-7)5(2)6/h4-5H,3H2,1-2H3. The molecule has 0 aliphatic rings. The van der Waals surface area contributed by atoms with Crippen LogP contribution in [0.1, 0.15) is 13.8 Å². The van der Waals surface area contributed by atoms with Gasteiger partial charge in [0.05, 0.1) is 6.61 Å². The van der Waals surface area contributed by atoms with Crippen LogP contribution in [0.3, 0.4) is 0 Å². The summed E-state index contributed by atoms with van der Waals surface area (Å²) in [4.78, 5) is 0. The maximum Gasteiger partial charge on any atom is 0.0857 e. The van der Waals surface area contributed by atoms with E-state index in [1.165, 1.54) is 0 Å². The molecule has 0 amide bonds. The molecule has 2 heteroatoms. The molecule has 0 fully saturated rings. The highest BCUT2D eigenvalue weighted by Gasteiger charge is 2.05. The molecule has 1 nitrogen and oxygen atoms in total. The Labute approximate surface area is 58.3 Å². The lowest BCUT2D eigenvalue weighted by molar-refractivity contribution is 0.153.